The number of pyridine rings is 1. The number of halogens is 1. The van der Waals surface area contributed by atoms with Gasteiger partial charge in [0.1, 0.15) is 0 Å². The average Bonchev–Trinajstić information content (AvgIpc) is 2.73. The molecule has 0 spiro atoms. The molecule has 0 radical (unpaired) electrons. The number of benzene rings is 1. The Morgan fingerprint density at radius 3 is 2.82 bits per heavy atom. The number of nitrogens with two attached hydrogens (primary N) is 1. The number of anilines is 1. The third-order valence-electron chi connectivity index (χ3n) is 2.57. The standard InChI is InChI=1S/C12H9BrN4/c13-8-4-5-9(10(14)7-8)12-16-15-11-3-1-2-6-17(11)12/h1-7H,14H2. The summed E-state index contributed by atoms with van der Waals surface area (Å²) in [4.78, 5) is 0. The maximum atomic E-state index is 5.99. The van der Waals surface area contributed by atoms with Crippen molar-refractivity contribution in [3.63, 3.8) is 0 Å². The summed E-state index contributed by atoms with van der Waals surface area (Å²) in [5, 5.41) is 8.28. The van der Waals surface area contributed by atoms with E-state index in [0.717, 1.165) is 21.5 Å². The van der Waals surface area contributed by atoms with Gasteiger partial charge in [0.05, 0.1) is 0 Å². The Hall–Kier alpha value is -1.88. The number of hydrogen-bond donors (Lipinski definition) is 1. The van der Waals surface area contributed by atoms with E-state index < -0.39 is 0 Å². The average molecular weight is 289 g/mol. The van der Waals surface area contributed by atoms with Crippen molar-refractivity contribution in [2.24, 2.45) is 0 Å². The van der Waals surface area contributed by atoms with E-state index in [1.165, 1.54) is 0 Å². The molecule has 3 rings (SSSR count). The van der Waals surface area contributed by atoms with E-state index in [2.05, 4.69) is 26.1 Å². The Morgan fingerprint density at radius 2 is 2.00 bits per heavy atom. The van der Waals surface area contributed by atoms with Crippen molar-refractivity contribution in [2.45, 2.75) is 0 Å². The van der Waals surface area contributed by atoms with Gasteiger partial charge in [-0.1, -0.05) is 22.0 Å². The minimum atomic E-state index is 0.678. The summed E-state index contributed by atoms with van der Waals surface area (Å²) in [5.74, 6) is 0.755. The largest absolute Gasteiger partial charge is 0.398 e. The van der Waals surface area contributed by atoms with Gasteiger partial charge in [-0.15, -0.1) is 10.2 Å². The number of hydrogen-bond acceptors (Lipinski definition) is 3. The summed E-state index contributed by atoms with van der Waals surface area (Å²) < 4.78 is 2.87. The molecule has 1 aromatic carbocycles. The van der Waals surface area contributed by atoms with Crippen molar-refractivity contribution in [3.8, 4) is 11.4 Å². The van der Waals surface area contributed by atoms with Gasteiger partial charge in [0.15, 0.2) is 11.5 Å². The monoisotopic (exact) mass is 288 g/mol. The summed E-state index contributed by atoms with van der Waals surface area (Å²) in [6.07, 6.45) is 1.92. The van der Waals surface area contributed by atoms with Gasteiger partial charge < -0.3 is 5.73 Å². The third kappa shape index (κ3) is 1.68. The van der Waals surface area contributed by atoms with Crippen molar-refractivity contribution in [3.05, 3.63) is 47.1 Å². The van der Waals surface area contributed by atoms with Crippen molar-refractivity contribution in [2.75, 3.05) is 5.73 Å². The molecule has 0 saturated carbocycles. The topological polar surface area (TPSA) is 56.2 Å². The highest BCUT2D eigenvalue weighted by Gasteiger charge is 2.10. The predicted octanol–water partition coefficient (Wildman–Crippen LogP) is 2.74. The molecule has 0 amide bonds. The summed E-state index contributed by atoms with van der Waals surface area (Å²) in [6.45, 7) is 0. The molecule has 5 heteroatoms. The smallest absolute Gasteiger partial charge is 0.170 e. The van der Waals surface area contributed by atoms with Gasteiger partial charge >= 0.3 is 0 Å². The molecule has 0 aliphatic rings. The van der Waals surface area contributed by atoms with Crippen LogP contribution in [0.25, 0.3) is 17.0 Å². The summed E-state index contributed by atoms with van der Waals surface area (Å²) >= 11 is 3.39. The first-order valence-electron chi connectivity index (χ1n) is 5.11. The summed E-state index contributed by atoms with van der Waals surface area (Å²) in [7, 11) is 0. The lowest BCUT2D eigenvalue weighted by Gasteiger charge is -2.04. The Kier molecular flexibility index (Phi) is 2.33. The molecule has 3 aromatic rings. The zero-order chi connectivity index (χ0) is 11.8. The highest BCUT2D eigenvalue weighted by Crippen LogP contribution is 2.27. The Morgan fingerprint density at radius 1 is 1.12 bits per heavy atom. The predicted molar refractivity (Wildman–Crippen MR) is 70.5 cm³/mol. The lowest BCUT2D eigenvalue weighted by molar-refractivity contribution is 1.11. The maximum Gasteiger partial charge on any atom is 0.170 e. The molecule has 4 nitrogen and oxygen atoms in total. The fourth-order valence-electron chi connectivity index (χ4n) is 1.76. The second-order valence-electron chi connectivity index (χ2n) is 3.68. The first-order valence-corrected chi connectivity index (χ1v) is 5.90. The quantitative estimate of drug-likeness (QED) is 0.701. The number of nitrogen functional groups attached to an aromatic ring is 1. The summed E-state index contributed by atoms with van der Waals surface area (Å²) in [6, 6.07) is 11.5. The molecule has 17 heavy (non-hydrogen) atoms. The van der Waals surface area contributed by atoms with Crippen LogP contribution in [0.1, 0.15) is 0 Å². The van der Waals surface area contributed by atoms with Crippen LogP contribution >= 0.6 is 15.9 Å². The Balaban J connectivity index is 2.27. The second kappa shape index (κ2) is 3.85. The van der Waals surface area contributed by atoms with Crippen LogP contribution in [0.4, 0.5) is 5.69 Å². The van der Waals surface area contributed by atoms with E-state index in [-0.39, 0.29) is 0 Å². The van der Waals surface area contributed by atoms with E-state index in [9.17, 15) is 0 Å². The molecule has 84 valence electrons. The molecule has 0 saturated heterocycles. The van der Waals surface area contributed by atoms with Gasteiger partial charge in [0, 0.05) is 21.9 Å². The third-order valence-corrected chi connectivity index (χ3v) is 3.06. The first-order chi connectivity index (χ1) is 8.25. The molecule has 0 aliphatic carbocycles. The lowest BCUT2D eigenvalue weighted by Crippen LogP contribution is -1.94. The summed E-state index contributed by atoms with van der Waals surface area (Å²) in [5.41, 5.74) is 8.36. The second-order valence-corrected chi connectivity index (χ2v) is 4.60. The van der Waals surface area contributed by atoms with Crippen LogP contribution in [0.3, 0.4) is 0 Å². The van der Waals surface area contributed by atoms with Crippen LogP contribution in [0, 0.1) is 0 Å². The zero-order valence-electron chi connectivity index (χ0n) is 8.84. The number of fused-ring (bicyclic) bond motifs is 1. The van der Waals surface area contributed by atoms with Crippen molar-refractivity contribution in [1.82, 2.24) is 14.6 Å². The minimum absolute atomic E-state index is 0.678. The van der Waals surface area contributed by atoms with Crippen LogP contribution in [0.5, 0.6) is 0 Å². The van der Waals surface area contributed by atoms with Crippen LogP contribution in [0.2, 0.25) is 0 Å². The van der Waals surface area contributed by atoms with E-state index in [4.69, 9.17) is 5.73 Å². The van der Waals surface area contributed by atoms with E-state index in [1.807, 2.05) is 47.0 Å². The van der Waals surface area contributed by atoms with Crippen LogP contribution in [-0.2, 0) is 0 Å². The normalized spacial score (nSPS) is 10.9. The van der Waals surface area contributed by atoms with E-state index in [1.54, 1.807) is 0 Å². The molecule has 2 heterocycles. The fraction of sp³-hybridized carbons (Fsp3) is 0. The van der Waals surface area contributed by atoms with Crippen molar-refractivity contribution < 1.29 is 0 Å². The van der Waals surface area contributed by atoms with Crippen LogP contribution < -0.4 is 5.73 Å². The molecular formula is C12H9BrN4. The van der Waals surface area contributed by atoms with Gasteiger partial charge in [0.2, 0.25) is 0 Å². The highest BCUT2D eigenvalue weighted by molar-refractivity contribution is 9.10. The molecular weight excluding hydrogens is 280 g/mol. The maximum absolute atomic E-state index is 5.99. The Bertz CT molecular complexity index is 690. The van der Waals surface area contributed by atoms with Gasteiger partial charge in [-0.3, -0.25) is 4.40 Å². The van der Waals surface area contributed by atoms with E-state index in [0.29, 0.717) is 5.69 Å². The van der Waals surface area contributed by atoms with Gasteiger partial charge in [-0.2, -0.15) is 0 Å². The van der Waals surface area contributed by atoms with Gasteiger partial charge in [0.25, 0.3) is 0 Å². The molecule has 2 N–H and O–H groups in total. The molecule has 0 aliphatic heterocycles. The number of aromatic nitrogens is 3. The highest BCUT2D eigenvalue weighted by atomic mass is 79.9. The van der Waals surface area contributed by atoms with Gasteiger partial charge in [-0.25, -0.2) is 0 Å². The molecule has 0 bridgehead atoms. The number of rotatable bonds is 1. The first kappa shape index (κ1) is 10.3. The van der Waals surface area contributed by atoms with Gasteiger partial charge in [-0.05, 0) is 30.3 Å². The van der Waals surface area contributed by atoms with Crippen molar-refractivity contribution >= 4 is 27.3 Å². The number of nitrogens with zero attached hydrogens (tertiary/aromatic N) is 3. The van der Waals surface area contributed by atoms with Crippen LogP contribution in [-0.4, -0.2) is 14.6 Å². The van der Waals surface area contributed by atoms with Crippen LogP contribution in [0.15, 0.2) is 47.1 Å². The Labute approximate surface area is 106 Å². The zero-order valence-corrected chi connectivity index (χ0v) is 10.4. The fourth-order valence-corrected chi connectivity index (χ4v) is 2.14. The molecule has 0 fully saturated rings. The lowest BCUT2D eigenvalue weighted by atomic mass is 10.2. The molecule has 0 atom stereocenters. The van der Waals surface area contributed by atoms with E-state index >= 15 is 0 Å². The SMILES string of the molecule is Nc1cc(Br)ccc1-c1nnc2ccccn12. The van der Waals surface area contributed by atoms with Crippen molar-refractivity contribution in [1.29, 1.82) is 0 Å². The minimum Gasteiger partial charge on any atom is -0.398 e. The molecule has 0 unspecified atom stereocenters. The molecule has 2 aromatic heterocycles.